The van der Waals surface area contributed by atoms with E-state index >= 15 is 8.78 Å². The van der Waals surface area contributed by atoms with Crippen molar-refractivity contribution in [3.05, 3.63) is 52.3 Å². The van der Waals surface area contributed by atoms with Gasteiger partial charge in [-0.25, -0.2) is 0 Å². The molecule has 2 aliphatic rings. The van der Waals surface area contributed by atoms with Crippen molar-refractivity contribution < 1.29 is 23.2 Å². The summed E-state index contributed by atoms with van der Waals surface area (Å²) in [5.74, 6) is -4.79. The smallest absolute Gasteiger partial charge is 0.352 e. The lowest BCUT2D eigenvalue weighted by molar-refractivity contribution is -0.231. The van der Waals surface area contributed by atoms with Gasteiger partial charge in [-0.05, 0) is 42.9 Å². The van der Waals surface area contributed by atoms with E-state index in [0.717, 1.165) is 4.90 Å². The van der Waals surface area contributed by atoms with Crippen LogP contribution in [0.3, 0.4) is 0 Å². The van der Waals surface area contributed by atoms with Crippen LogP contribution in [-0.4, -0.2) is 43.7 Å². The second-order valence-corrected chi connectivity index (χ2v) is 11.5. The highest BCUT2D eigenvalue weighted by Gasteiger charge is 2.65. The molecule has 1 aliphatic carbocycles. The molecule has 2 aromatic heterocycles. The standard InChI is InChI=1S/C25H33F2N3O4/c1-22(2)14-23(3,4)16-24(33,15-22)25(26,27)21(32)30-9-5-6-20(30)19-12-18(34-28-19)13-29-10-7-17(31)8-11-29/h7-8,10-12,20,33H,5-6,9,13-16H2,1-4H3. The zero-order valence-corrected chi connectivity index (χ0v) is 20.2. The molecule has 0 spiro atoms. The summed E-state index contributed by atoms with van der Waals surface area (Å²) < 4.78 is 38.6. The maximum absolute atomic E-state index is 15.7. The Hall–Kier alpha value is -2.55. The van der Waals surface area contributed by atoms with Gasteiger partial charge in [0.1, 0.15) is 11.3 Å². The average Bonchev–Trinajstić information content (AvgIpc) is 3.35. The summed E-state index contributed by atoms with van der Waals surface area (Å²) >= 11 is 0. The third-order valence-electron chi connectivity index (χ3n) is 6.98. The molecule has 4 rings (SSSR count). The number of pyridine rings is 1. The van der Waals surface area contributed by atoms with Gasteiger partial charge in [0.2, 0.25) is 0 Å². The Labute approximate surface area is 197 Å². The van der Waals surface area contributed by atoms with Crippen LogP contribution in [0.5, 0.6) is 0 Å². The fraction of sp³-hybridized carbons (Fsp3) is 0.640. The van der Waals surface area contributed by atoms with Gasteiger partial charge in [0.15, 0.2) is 11.2 Å². The van der Waals surface area contributed by atoms with Crippen LogP contribution in [0.25, 0.3) is 0 Å². The molecule has 2 fully saturated rings. The molecule has 3 heterocycles. The van der Waals surface area contributed by atoms with Crippen LogP contribution < -0.4 is 5.43 Å². The second-order valence-electron chi connectivity index (χ2n) is 11.5. The van der Waals surface area contributed by atoms with E-state index in [-0.39, 0.29) is 24.8 Å². The fourth-order valence-electron chi connectivity index (χ4n) is 6.27. The Morgan fingerprint density at radius 1 is 1.18 bits per heavy atom. The van der Waals surface area contributed by atoms with Crippen LogP contribution >= 0.6 is 0 Å². The largest absolute Gasteiger partial charge is 0.383 e. The predicted molar refractivity (Wildman–Crippen MR) is 121 cm³/mol. The Morgan fingerprint density at radius 2 is 1.79 bits per heavy atom. The lowest BCUT2D eigenvalue weighted by atomic mass is 9.58. The van der Waals surface area contributed by atoms with Crippen LogP contribution in [0, 0.1) is 10.8 Å². The highest BCUT2D eigenvalue weighted by molar-refractivity contribution is 5.85. The highest BCUT2D eigenvalue weighted by atomic mass is 19.3. The second kappa shape index (κ2) is 8.29. The number of aromatic nitrogens is 2. The number of nitrogens with zero attached hydrogens (tertiary/aromatic N) is 3. The van der Waals surface area contributed by atoms with Crippen molar-refractivity contribution >= 4 is 5.91 Å². The number of hydrogen-bond acceptors (Lipinski definition) is 5. The van der Waals surface area contributed by atoms with E-state index < -0.39 is 34.3 Å². The third kappa shape index (κ3) is 4.67. The van der Waals surface area contributed by atoms with Gasteiger partial charge >= 0.3 is 5.92 Å². The van der Waals surface area contributed by atoms with Crippen molar-refractivity contribution in [3.8, 4) is 0 Å². The van der Waals surface area contributed by atoms with Gasteiger partial charge in [0.05, 0.1) is 12.6 Å². The number of aliphatic hydroxyl groups is 1. The van der Waals surface area contributed by atoms with Crippen molar-refractivity contribution in [2.24, 2.45) is 10.8 Å². The summed E-state index contributed by atoms with van der Waals surface area (Å²) in [4.78, 5) is 25.7. The SMILES string of the molecule is CC1(C)CC(C)(C)CC(O)(C(F)(F)C(=O)N2CCCC2c2cc(Cn3ccc(=O)cc3)on2)C1. The summed E-state index contributed by atoms with van der Waals surface area (Å²) in [5, 5.41) is 15.2. The van der Waals surface area contributed by atoms with Gasteiger partial charge in [-0.2, -0.15) is 8.78 Å². The van der Waals surface area contributed by atoms with Gasteiger partial charge < -0.3 is 19.1 Å². The minimum Gasteiger partial charge on any atom is -0.383 e. The summed E-state index contributed by atoms with van der Waals surface area (Å²) in [7, 11) is 0. The summed E-state index contributed by atoms with van der Waals surface area (Å²) in [6, 6.07) is 3.87. The molecule has 1 aliphatic heterocycles. The normalized spacial score (nSPS) is 23.7. The number of alkyl halides is 2. The number of halogens is 2. The number of rotatable bonds is 5. The number of carbonyl (C=O) groups is 1. The van der Waals surface area contributed by atoms with E-state index in [1.165, 1.54) is 12.1 Å². The minimum absolute atomic E-state index is 0.109. The highest BCUT2D eigenvalue weighted by Crippen LogP contribution is 2.55. The molecule has 1 amide bonds. The lowest BCUT2D eigenvalue weighted by Crippen LogP contribution is -2.62. The molecule has 34 heavy (non-hydrogen) atoms. The van der Waals surface area contributed by atoms with Gasteiger partial charge in [-0.15, -0.1) is 0 Å². The number of carbonyl (C=O) groups excluding carboxylic acids is 1. The van der Waals surface area contributed by atoms with Crippen LogP contribution in [-0.2, 0) is 11.3 Å². The van der Waals surface area contributed by atoms with Gasteiger partial charge in [-0.3, -0.25) is 9.59 Å². The zero-order chi connectivity index (χ0) is 24.9. The van der Waals surface area contributed by atoms with Crippen molar-refractivity contribution in [3.63, 3.8) is 0 Å². The fourth-order valence-corrected chi connectivity index (χ4v) is 6.27. The monoisotopic (exact) mass is 477 g/mol. The first kappa shape index (κ1) is 24.6. The molecular weight excluding hydrogens is 444 g/mol. The molecule has 2 aromatic rings. The van der Waals surface area contributed by atoms with Crippen molar-refractivity contribution in [1.29, 1.82) is 0 Å². The number of likely N-dealkylation sites (tertiary alicyclic amines) is 1. The molecule has 0 bridgehead atoms. The molecule has 0 radical (unpaired) electrons. The first-order valence-corrected chi connectivity index (χ1v) is 11.7. The van der Waals surface area contributed by atoms with Gasteiger partial charge in [-0.1, -0.05) is 32.9 Å². The molecule has 1 saturated heterocycles. The van der Waals surface area contributed by atoms with E-state index in [0.29, 0.717) is 37.3 Å². The molecule has 1 saturated carbocycles. The topological polar surface area (TPSA) is 88.6 Å². The third-order valence-corrected chi connectivity index (χ3v) is 6.98. The Morgan fingerprint density at radius 3 is 2.41 bits per heavy atom. The maximum atomic E-state index is 15.7. The van der Waals surface area contributed by atoms with Gasteiger partial charge in [0.25, 0.3) is 5.91 Å². The molecule has 7 nitrogen and oxygen atoms in total. The molecule has 186 valence electrons. The Balaban J connectivity index is 1.55. The first-order chi connectivity index (χ1) is 15.7. The van der Waals surface area contributed by atoms with E-state index in [1.807, 2.05) is 27.7 Å². The number of amides is 1. The summed E-state index contributed by atoms with van der Waals surface area (Å²) in [6.45, 7) is 7.92. The molecule has 1 N–H and O–H groups in total. The van der Waals surface area contributed by atoms with Crippen LogP contribution in [0.1, 0.15) is 77.3 Å². The Bertz CT molecular complexity index is 1080. The van der Waals surface area contributed by atoms with E-state index in [2.05, 4.69) is 5.16 Å². The van der Waals surface area contributed by atoms with Crippen molar-refractivity contribution in [2.45, 2.75) is 83.9 Å². The zero-order valence-electron chi connectivity index (χ0n) is 20.2. The Kier molecular flexibility index (Phi) is 5.99. The predicted octanol–water partition coefficient (Wildman–Crippen LogP) is 4.15. The molecule has 1 atom stereocenters. The first-order valence-electron chi connectivity index (χ1n) is 11.7. The number of hydrogen-bond donors (Lipinski definition) is 1. The van der Waals surface area contributed by atoms with Crippen LogP contribution in [0.2, 0.25) is 0 Å². The van der Waals surface area contributed by atoms with Crippen molar-refractivity contribution in [2.75, 3.05) is 6.54 Å². The summed E-state index contributed by atoms with van der Waals surface area (Å²) in [5.41, 5.74) is -3.15. The molecule has 1 unspecified atom stereocenters. The van der Waals surface area contributed by atoms with E-state index in [9.17, 15) is 14.7 Å². The van der Waals surface area contributed by atoms with Crippen LogP contribution in [0.4, 0.5) is 8.78 Å². The lowest BCUT2D eigenvalue weighted by Gasteiger charge is -2.51. The molecular formula is C25H33F2N3O4. The quantitative estimate of drug-likeness (QED) is 0.699. The minimum atomic E-state index is -3.92. The van der Waals surface area contributed by atoms with Crippen molar-refractivity contribution in [1.82, 2.24) is 14.6 Å². The van der Waals surface area contributed by atoms with Gasteiger partial charge in [0, 0.05) is 37.1 Å². The summed E-state index contributed by atoms with van der Waals surface area (Å²) in [6.07, 6.45) is 4.68. The van der Waals surface area contributed by atoms with E-state index in [1.54, 1.807) is 23.0 Å². The maximum Gasteiger partial charge on any atom is 0.352 e. The van der Waals surface area contributed by atoms with Crippen LogP contribution in [0.15, 0.2) is 39.9 Å². The van der Waals surface area contributed by atoms with E-state index in [4.69, 9.17) is 4.52 Å². The average molecular weight is 478 g/mol. The molecule has 9 heteroatoms. The molecule has 0 aromatic carbocycles.